The van der Waals surface area contributed by atoms with Gasteiger partial charge in [0.1, 0.15) is 6.23 Å². The van der Waals surface area contributed by atoms with Gasteiger partial charge >= 0.3 is 6.03 Å². The van der Waals surface area contributed by atoms with Crippen LogP contribution in [0.25, 0.3) is 0 Å². The number of carbonyl (C=O) groups excluding carboxylic acids is 1. The number of nitrogens with one attached hydrogen (secondary N) is 3. The molecule has 2 aromatic rings. The van der Waals surface area contributed by atoms with Crippen molar-refractivity contribution in [1.29, 1.82) is 0 Å². The maximum atomic E-state index is 12.8. The van der Waals surface area contributed by atoms with E-state index in [1.165, 1.54) is 28.6 Å². The molecule has 2 amide bonds. The minimum atomic E-state index is -3.74. The highest BCUT2D eigenvalue weighted by molar-refractivity contribution is 7.89. The van der Waals surface area contributed by atoms with Crippen LogP contribution in [0.5, 0.6) is 0 Å². The number of aromatic nitrogens is 1. The number of hydrogen-bond acceptors (Lipinski definition) is 6. The standard InChI is InChI=1S/C18H23N5O4S/c1-13-17(24)20-9-10-23(13)28(26,27)16-6-4-15(5-7-16)22-18(25)21-12-14-3-2-8-19-11-14/h2-8,11,13,17,20,24H,9-10,12H2,1H3,(H2,21,22,25). The lowest BCUT2D eigenvalue weighted by Gasteiger charge is -2.36. The third-order valence-electron chi connectivity index (χ3n) is 4.49. The first kappa shape index (κ1) is 20.2. The predicted molar refractivity (Wildman–Crippen MR) is 104 cm³/mol. The lowest BCUT2D eigenvalue weighted by atomic mass is 10.2. The molecular formula is C18H23N5O4S. The molecule has 1 aromatic carbocycles. The highest BCUT2D eigenvalue weighted by Gasteiger charge is 2.35. The van der Waals surface area contributed by atoms with Gasteiger partial charge in [-0.25, -0.2) is 13.2 Å². The molecule has 9 nitrogen and oxygen atoms in total. The number of sulfonamides is 1. The van der Waals surface area contributed by atoms with Crippen molar-refractivity contribution >= 4 is 21.7 Å². The third kappa shape index (κ3) is 4.65. The number of rotatable bonds is 5. The summed E-state index contributed by atoms with van der Waals surface area (Å²) in [5, 5.41) is 18.1. The van der Waals surface area contributed by atoms with Gasteiger partial charge in [0.2, 0.25) is 10.0 Å². The highest BCUT2D eigenvalue weighted by Crippen LogP contribution is 2.22. The van der Waals surface area contributed by atoms with Gasteiger partial charge in [0, 0.05) is 37.7 Å². The summed E-state index contributed by atoms with van der Waals surface area (Å²) in [6.07, 6.45) is 2.41. The van der Waals surface area contributed by atoms with Crippen molar-refractivity contribution in [3.63, 3.8) is 0 Å². The molecule has 4 N–H and O–H groups in total. The first-order valence-corrected chi connectivity index (χ1v) is 10.3. The number of pyridine rings is 1. The van der Waals surface area contributed by atoms with E-state index in [0.717, 1.165) is 5.56 Å². The van der Waals surface area contributed by atoms with E-state index in [2.05, 4.69) is 20.9 Å². The van der Waals surface area contributed by atoms with E-state index in [9.17, 15) is 18.3 Å². The molecule has 150 valence electrons. The summed E-state index contributed by atoms with van der Waals surface area (Å²) in [5.74, 6) is 0. The minimum absolute atomic E-state index is 0.106. The summed E-state index contributed by atoms with van der Waals surface area (Å²) in [4.78, 5) is 16.1. The molecule has 1 aromatic heterocycles. The van der Waals surface area contributed by atoms with Crippen molar-refractivity contribution in [1.82, 2.24) is 19.9 Å². The smallest absolute Gasteiger partial charge is 0.319 e. The van der Waals surface area contributed by atoms with E-state index >= 15 is 0 Å². The lowest BCUT2D eigenvalue weighted by molar-refractivity contribution is 0.0435. The molecule has 2 unspecified atom stereocenters. The van der Waals surface area contributed by atoms with Gasteiger partial charge in [-0.2, -0.15) is 4.31 Å². The summed E-state index contributed by atoms with van der Waals surface area (Å²) < 4.78 is 26.9. The quantitative estimate of drug-likeness (QED) is 0.581. The van der Waals surface area contributed by atoms with E-state index in [0.29, 0.717) is 18.8 Å². The number of benzene rings is 1. The van der Waals surface area contributed by atoms with E-state index in [1.807, 2.05) is 6.07 Å². The molecule has 0 radical (unpaired) electrons. The Labute approximate surface area is 163 Å². The third-order valence-corrected chi connectivity index (χ3v) is 6.49. The molecule has 28 heavy (non-hydrogen) atoms. The van der Waals surface area contributed by atoms with E-state index in [-0.39, 0.29) is 11.4 Å². The predicted octanol–water partition coefficient (Wildman–Crippen LogP) is 0.704. The zero-order valence-corrected chi connectivity index (χ0v) is 16.2. The summed E-state index contributed by atoms with van der Waals surface area (Å²) in [5.41, 5.74) is 1.34. The maximum absolute atomic E-state index is 12.8. The van der Waals surface area contributed by atoms with Crippen LogP contribution in [-0.4, -0.2) is 54.2 Å². The van der Waals surface area contributed by atoms with Gasteiger partial charge in [0.15, 0.2) is 0 Å². The first-order chi connectivity index (χ1) is 13.4. The Hall–Kier alpha value is -2.53. The van der Waals surface area contributed by atoms with Crippen LogP contribution in [0, 0.1) is 0 Å². The number of hydrogen-bond donors (Lipinski definition) is 4. The monoisotopic (exact) mass is 405 g/mol. The summed E-state index contributed by atoms with van der Waals surface area (Å²) >= 11 is 0. The Morgan fingerprint density at radius 1 is 1.32 bits per heavy atom. The van der Waals surface area contributed by atoms with Gasteiger partial charge < -0.3 is 15.7 Å². The van der Waals surface area contributed by atoms with Gasteiger partial charge in [0.25, 0.3) is 0 Å². The molecule has 2 atom stereocenters. The fraction of sp³-hybridized carbons (Fsp3) is 0.333. The fourth-order valence-electron chi connectivity index (χ4n) is 2.90. The van der Waals surface area contributed by atoms with Gasteiger partial charge in [-0.15, -0.1) is 0 Å². The van der Waals surface area contributed by atoms with Gasteiger partial charge in [0.05, 0.1) is 10.9 Å². The maximum Gasteiger partial charge on any atom is 0.319 e. The van der Waals surface area contributed by atoms with E-state index < -0.39 is 28.3 Å². The highest BCUT2D eigenvalue weighted by atomic mass is 32.2. The van der Waals surface area contributed by atoms with Crippen molar-refractivity contribution in [2.45, 2.75) is 30.6 Å². The van der Waals surface area contributed by atoms with Crippen LogP contribution in [0.3, 0.4) is 0 Å². The molecule has 0 saturated carbocycles. The average Bonchev–Trinajstić information content (AvgIpc) is 2.69. The number of urea groups is 1. The van der Waals surface area contributed by atoms with Crippen LogP contribution < -0.4 is 16.0 Å². The molecule has 1 saturated heterocycles. The molecule has 1 fully saturated rings. The second-order valence-corrected chi connectivity index (χ2v) is 8.34. The van der Waals surface area contributed by atoms with Crippen molar-refractivity contribution in [2.24, 2.45) is 0 Å². The number of nitrogens with zero attached hydrogens (tertiary/aromatic N) is 2. The molecule has 1 aliphatic heterocycles. The van der Waals surface area contributed by atoms with Crippen LogP contribution in [0.15, 0.2) is 53.7 Å². The Bertz CT molecular complexity index is 905. The molecule has 0 bridgehead atoms. The number of amides is 2. The van der Waals surface area contributed by atoms with Crippen molar-refractivity contribution in [3.8, 4) is 0 Å². The summed E-state index contributed by atoms with van der Waals surface area (Å²) in [7, 11) is -3.74. The molecule has 2 heterocycles. The second-order valence-electron chi connectivity index (χ2n) is 6.45. The summed E-state index contributed by atoms with van der Waals surface area (Å²) in [6, 6.07) is 8.58. The Balaban J connectivity index is 1.62. The first-order valence-electron chi connectivity index (χ1n) is 8.85. The molecule has 1 aliphatic rings. The average molecular weight is 405 g/mol. The Morgan fingerprint density at radius 2 is 2.07 bits per heavy atom. The zero-order chi connectivity index (χ0) is 20.1. The van der Waals surface area contributed by atoms with Gasteiger partial charge in [-0.1, -0.05) is 6.07 Å². The SMILES string of the molecule is CC1C(O)NCCN1S(=O)(=O)c1ccc(NC(=O)NCc2cccnc2)cc1. The fourth-order valence-corrected chi connectivity index (χ4v) is 4.53. The largest absolute Gasteiger partial charge is 0.377 e. The van der Waals surface area contributed by atoms with E-state index in [4.69, 9.17) is 0 Å². The lowest BCUT2D eigenvalue weighted by Crippen LogP contribution is -2.58. The van der Waals surface area contributed by atoms with Crippen molar-refractivity contribution in [3.05, 3.63) is 54.4 Å². The van der Waals surface area contributed by atoms with Crippen LogP contribution >= 0.6 is 0 Å². The number of anilines is 1. The van der Waals surface area contributed by atoms with Crippen LogP contribution in [-0.2, 0) is 16.6 Å². The Morgan fingerprint density at radius 3 is 2.75 bits per heavy atom. The van der Waals surface area contributed by atoms with Crippen molar-refractivity contribution in [2.75, 3.05) is 18.4 Å². The van der Waals surface area contributed by atoms with Crippen LogP contribution in [0.1, 0.15) is 12.5 Å². The number of aliphatic hydroxyl groups is 1. The van der Waals surface area contributed by atoms with Crippen LogP contribution in [0.4, 0.5) is 10.5 Å². The van der Waals surface area contributed by atoms with E-state index in [1.54, 1.807) is 25.4 Å². The topological polar surface area (TPSA) is 124 Å². The van der Waals surface area contributed by atoms with Crippen LogP contribution in [0.2, 0.25) is 0 Å². The molecule has 0 aliphatic carbocycles. The molecule has 0 spiro atoms. The summed E-state index contributed by atoms with van der Waals surface area (Å²) in [6.45, 7) is 2.63. The van der Waals surface area contributed by atoms with Crippen molar-refractivity contribution < 1.29 is 18.3 Å². The number of piperazine rings is 1. The second kappa shape index (κ2) is 8.65. The van der Waals surface area contributed by atoms with Gasteiger partial charge in [-0.05, 0) is 42.8 Å². The molecule has 10 heteroatoms. The molecular weight excluding hydrogens is 382 g/mol. The Kier molecular flexibility index (Phi) is 6.25. The zero-order valence-electron chi connectivity index (χ0n) is 15.4. The molecule has 3 rings (SSSR count). The number of carbonyl (C=O) groups is 1. The number of aliphatic hydroxyl groups excluding tert-OH is 1. The van der Waals surface area contributed by atoms with Gasteiger partial charge in [-0.3, -0.25) is 10.3 Å². The minimum Gasteiger partial charge on any atom is -0.377 e. The normalized spacial score (nSPS) is 20.5.